The van der Waals surface area contributed by atoms with E-state index in [-0.39, 0.29) is 0 Å². The van der Waals surface area contributed by atoms with Gasteiger partial charge in [-0.3, -0.25) is 4.57 Å². The maximum Gasteiger partial charge on any atom is 0.162 e. The molecule has 0 fully saturated rings. The van der Waals surface area contributed by atoms with Gasteiger partial charge in [0.15, 0.2) is 5.82 Å². The Morgan fingerprint density at radius 3 is 0.895 bits per heavy atom. The number of nitrogens with zero attached hydrogens (tertiary/aromatic N) is 7. The highest BCUT2D eigenvalue weighted by Crippen LogP contribution is 2.51. The van der Waals surface area contributed by atoms with Crippen molar-refractivity contribution in [3.05, 3.63) is 358 Å². The molecule has 486 valence electrons. The lowest BCUT2D eigenvalue weighted by atomic mass is 9.98. The summed E-state index contributed by atoms with van der Waals surface area (Å²) in [5.74, 6) is 1.50. The minimum absolute atomic E-state index is 0.652. The smallest absolute Gasteiger partial charge is 0.162 e. The minimum Gasteiger partial charge on any atom is -0.309 e. The Morgan fingerprint density at radius 1 is 0.190 bits per heavy atom. The number of fused-ring (bicyclic) bond motifs is 18. The van der Waals surface area contributed by atoms with Crippen molar-refractivity contribution in [1.82, 2.24) is 32.8 Å². The molecule has 0 N–H and O–H groups in total. The van der Waals surface area contributed by atoms with Gasteiger partial charge < -0.3 is 18.3 Å². The Labute approximate surface area is 602 Å². The standard InChI is InChI=1S/C98H59N7/c1-4-24-68(25-5-1)101-84-37-14-10-31-72(84)78-54-61(41-47-88(78)101)64-46-52-93-81(57-64)75-34-13-17-40-87(75)105(93)98-95-76-35-19-21-60-22-20-36-77(94(60)76)96(95)99-97(100-98)67-23-18-30-71(53-67)104-91-50-44-65(62-42-48-89-79(55-62)73-32-11-15-38-85(73)102(89)69-26-6-2-7-27-69)58-82(91)83-59-66(45-51-92(83)104)63-43-49-90-80(56-63)74-33-12-16-39-86(74)103(90)70-28-8-3-9-29-70/h1-59H. The number of para-hydroxylation sites is 7. The zero-order valence-electron chi connectivity index (χ0n) is 56.7. The molecule has 0 spiro atoms. The highest BCUT2D eigenvalue weighted by atomic mass is 15.1. The van der Waals surface area contributed by atoms with E-state index < -0.39 is 0 Å². The van der Waals surface area contributed by atoms with Crippen molar-refractivity contribution >= 4 is 120 Å². The van der Waals surface area contributed by atoms with Gasteiger partial charge in [-0.25, -0.2) is 9.97 Å². The van der Waals surface area contributed by atoms with Crippen LogP contribution in [0, 0.1) is 0 Å². The Hall–Kier alpha value is -14.1. The van der Waals surface area contributed by atoms with Gasteiger partial charge in [0.05, 0.1) is 66.4 Å². The van der Waals surface area contributed by atoms with Crippen LogP contribution in [0.2, 0.25) is 0 Å². The molecular weight excluding hydrogens is 1280 g/mol. The summed E-state index contributed by atoms with van der Waals surface area (Å²) < 4.78 is 12.0. The molecule has 0 saturated carbocycles. The SMILES string of the molecule is c1ccc(-n2c3ccccc3c3cc(-c4ccc5c(c4)c4cc(-c6ccc7c(c6)c6ccccc6n7-c6ccccc6)ccc4n5-c4cccc(-c5nc6c(c(-n7c8ccccc8c8cc(-c9ccc%10c(c9)c9ccccc9n%10-c9ccccc9)ccc87)n5)-c5cccc7cccc-6c57)c4)ccc32)cc1. The van der Waals surface area contributed by atoms with E-state index in [9.17, 15) is 0 Å². The topological polar surface area (TPSA) is 50.4 Å². The number of hydrogen-bond acceptors (Lipinski definition) is 2. The molecule has 7 nitrogen and oxygen atoms in total. The second-order valence-electron chi connectivity index (χ2n) is 28.0. The summed E-state index contributed by atoms with van der Waals surface area (Å²) in [5, 5.41) is 14.4. The Bertz CT molecular complexity index is 7230. The first-order valence-corrected chi connectivity index (χ1v) is 36.0. The first-order valence-electron chi connectivity index (χ1n) is 36.0. The summed E-state index contributed by atoms with van der Waals surface area (Å²) in [6.45, 7) is 0. The fourth-order valence-electron chi connectivity index (χ4n) is 17.8. The van der Waals surface area contributed by atoms with Gasteiger partial charge in [0.25, 0.3) is 0 Å². The lowest BCUT2D eigenvalue weighted by Crippen LogP contribution is -2.05. The summed E-state index contributed by atoms with van der Waals surface area (Å²) in [6.07, 6.45) is 0. The fourth-order valence-corrected chi connectivity index (χ4v) is 17.8. The molecule has 0 radical (unpaired) electrons. The highest BCUT2D eigenvalue weighted by Gasteiger charge is 2.31. The van der Waals surface area contributed by atoms with E-state index in [0.717, 1.165) is 134 Å². The third kappa shape index (κ3) is 8.49. The molecule has 0 aliphatic heterocycles. The quantitative estimate of drug-likeness (QED) is 0.145. The van der Waals surface area contributed by atoms with Crippen LogP contribution in [0.15, 0.2) is 358 Å². The lowest BCUT2D eigenvalue weighted by molar-refractivity contribution is 1.05. The van der Waals surface area contributed by atoms with Crippen LogP contribution in [0.25, 0.3) is 216 Å². The van der Waals surface area contributed by atoms with Gasteiger partial charge in [0.1, 0.15) is 5.82 Å². The third-order valence-electron chi connectivity index (χ3n) is 22.4. The number of hydrogen-bond donors (Lipinski definition) is 0. The van der Waals surface area contributed by atoms with E-state index in [1.54, 1.807) is 0 Å². The monoisotopic (exact) mass is 1330 g/mol. The molecule has 0 unspecified atom stereocenters. The molecule has 0 amide bonds. The summed E-state index contributed by atoms with van der Waals surface area (Å²) >= 11 is 0. The van der Waals surface area contributed by atoms with Crippen LogP contribution in [-0.4, -0.2) is 32.8 Å². The van der Waals surface area contributed by atoms with Gasteiger partial charge >= 0.3 is 0 Å². The maximum atomic E-state index is 5.89. The van der Waals surface area contributed by atoms with Crippen molar-refractivity contribution in [2.75, 3.05) is 0 Å². The van der Waals surface area contributed by atoms with Crippen LogP contribution >= 0.6 is 0 Å². The molecular formula is C98H59N7. The molecule has 105 heavy (non-hydrogen) atoms. The average Bonchev–Trinajstić information content (AvgIpc) is 1.29. The van der Waals surface area contributed by atoms with Gasteiger partial charge in [-0.05, 0) is 195 Å². The number of benzene rings is 16. The van der Waals surface area contributed by atoms with Gasteiger partial charge in [0.2, 0.25) is 0 Å². The summed E-state index contributed by atoms with van der Waals surface area (Å²) in [7, 11) is 0. The zero-order chi connectivity index (χ0) is 68.5. The predicted molar refractivity (Wildman–Crippen MR) is 437 cm³/mol. The second-order valence-corrected chi connectivity index (χ2v) is 28.0. The van der Waals surface area contributed by atoms with E-state index >= 15 is 0 Å². The molecule has 0 saturated heterocycles. The van der Waals surface area contributed by atoms with Crippen LogP contribution in [0.3, 0.4) is 0 Å². The molecule has 1 aliphatic rings. The fraction of sp³-hybridized carbons (Fsp3) is 0. The Kier molecular flexibility index (Phi) is 12.2. The van der Waals surface area contributed by atoms with Crippen LogP contribution in [0.4, 0.5) is 0 Å². The van der Waals surface area contributed by atoms with Crippen molar-refractivity contribution in [3.8, 4) is 95.7 Å². The van der Waals surface area contributed by atoms with E-state index in [4.69, 9.17) is 9.97 Å². The minimum atomic E-state index is 0.652. The molecule has 23 rings (SSSR count). The molecule has 0 bridgehead atoms. The van der Waals surface area contributed by atoms with Crippen molar-refractivity contribution in [2.45, 2.75) is 0 Å². The maximum absolute atomic E-state index is 5.89. The van der Waals surface area contributed by atoms with E-state index in [1.165, 1.54) is 76.2 Å². The number of aromatic nitrogens is 7. The predicted octanol–water partition coefficient (Wildman–Crippen LogP) is 25.4. The molecule has 7 heteroatoms. The van der Waals surface area contributed by atoms with E-state index in [0.29, 0.717) is 5.82 Å². The zero-order valence-corrected chi connectivity index (χ0v) is 56.7. The first-order chi connectivity index (χ1) is 52.1. The second kappa shape index (κ2) is 22.2. The van der Waals surface area contributed by atoms with Gasteiger partial charge in [-0.1, -0.05) is 212 Å². The van der Waals surface area contributed by atoms with Crippen LogP contribution in [-0.2, 0) is 0 Å². The van der Waals surface area contributed by atoms with Crippen LogP contribution in [0.1, 0.15) is 0 Å². The normalized spacial score (nSPS) is 12.2. The van der Waals surface area contributed by atoms with Crippen molar-refractivity contribution in [3.63, 3.8) is 0 Å². The molecule has 0 atom stereocenters. The summed E-state index contributed by atoms with van der Waals surface area (Å²) in [4.78, 5) is 11.6. The molecule has 6 aromatic heterocycles. The van der Waals surface area contributed by atoms with E-state index in [2.05, 4.69) is 381 Å². The van der Waals surface area contributed by atoms with Gasteiger partial charge in [-0.2, -0.15) is 0 Å². The first kappa shape index (κ1) is 57.6. The van der Waals surface area contributed by atoms with Gasteiger partial charge in [0, 0.05) is 87.7 Å². The lowest BCUT2D eigenvalue weighted by Gasteiger charge is -2.16. The largest absolute Gasteiger partial charge is 0.309 e. The molecule has 6 heterocycles. The Balaban J connectivity index is 0.704. The van der Waals surface area contributed by atoms with Crippen LogP contribution < -0.4 is 0 Å². The molecule has 22 aromatic rings. The van der Waals surface area contributed by atoms with Crippen molar-refractivity contribution in [2.24, 2.45) is 0 Å². The molecule has 1 aliphatic carbocycles. The average molecular weight is 1330 g/mol. The van der Waals surface area contributed by atoms with Crippen LogP contribution in [0.5, 0.6) is 0 Å². The summed E-state index contributed by atoms with van der Waals surface area (Å²) in [5.41, 5.74) is 28.0. The molecule has 16 aromatic carbocycles. The highest BCUT2D eigenvalue weighted by molar-refractivity contribution is 6.20. The van der Waals surface area contributed by atoms with Gasteiger partial charge in [-0.15, -0.1) is 0 Å². The Morgan fingerprint density at radius 2 is 0.495 bits per heavy atom. The number of rotatable bonds is 9. The van der Waals surface area contributed by atoms with E-state index in [1.807, 2.05) is 0 Å². The van der Waals surface area contributed by atoms with Crippen molar-refractivity contribution < 1.29 is 0 Å². The third-order valence-corrected chi connectivity index (χ3v) is 22.4. The van der Waals surface area contributed by atoms with Crippen molar-refractivity contribution in [1.29, 1.82) is 0 Å². The summed E-state index contributed by atoms with van der Waals surface area (Å²) in [6, 6.07) is 132.